The summed E-state index contributed by atoms with van der Waals surface area (Å²) in [5, 5.41) is 10.7. The molecule has 0 aliphatic heterocycles. The molecule has 6 nitrogen and oxygen atoms in total. The number of ether oxygens (including phenoxy) is 1. The van der Waals surface area contributed by atoms with E-state index in [0.29, 0.717) is 18.6 Å². The predicted molar refractivity (Wildman–Crippen MR) is 66.7 cm³/mol. The average molecular weight is 294 g/mol. The summed E-state index contributed by atoms with van der Waals surface area (Å²) in [7, 11) is 1.16. The summed E-state index contributed by atoms with van der Waals surface area (Å²) < 4.78 is 28.1. The van der Waals surface area contributed by atoms with Crippen molar-refractivity contribution in [1.29, 1.82) is 0 Å². The largest absolute Gasteiger partial charge is 0.492 e. The highest BCUT2D eigenvalue weighted by Gasteiger charge is 2.23. The van der Waals surface area contributed by atoms with Crippen molar-refractivity contribution in [3.05, 3.63) is 27.8 Å². The summed E-state index contributed by atoms with van der Waals surface area (Å²) in [6, 6.07) is 2.15. The Kier molecular flexibility index (Phi) is 4.53. The van der Waals surface area contributed by atoms with Crippen LogP contribution in [0.2, 0.25) is 0 Å². The van der Waals surface area contributed by atoms with Gasteiger partial charge in [0.25, 0.3) is 14.7 Å². The molecule has 0 aromatic heterocycles. The molecule has 0 bridgehead atoms. The van der Waals surface area contributed by atoms with Crippen LogP contribution in [-0.2, 0) is 9.05 Å². The lowest BCUT2D eigenvalue weighted by Gasteiger charge is -2.11. The van der Waals surface area contributed by atoms with E-state index >= 15 is 0 Å². The van der Waals surface area contributed by atoms with Gasteiger partial charge < -0.3 is 4.74 Å². The number of rotatable bonds is 5. The maximum Gasteiger partial charge on any atom is 0.271 e. The minimum atomic E-state index is -4.10. The highest BCUT2D eigenvalue weighted by Crippen LogP contribution is 2.34. The van der Waals surface area contributed by atoms with E-state index in [1.807, 2.05) is 6.92 Å². The molecule has 18 heavy (non-hydrogen) atoms. The first-order valence-corrected chi connectivity index (χ1v) is 7.44. The molecule has 0 aliphatic rings. The first-order valence-electron chi connectivity index (χ1n) is 5.14. The van der Waals surface area contributed by atoms with E-state index in [2.05, 4.69) is 0 Å². The van der Waals surface area contributed by atoms with Crippen LogP contribution in [-0.4, -0.2) is 19.9 Å². The lowest BCUT2D eigenvalue weighted by atomic mass is 10.2. The number of nitro benzene ring substituents is 1. The zero-order chi connectivity index (χ0) is 13.9. The average Bonchev–Trinajstić information content (AvgIpc) is 2.25. The van der Waals surface area contributed by atoms with Gasteiger partial charge in [0.2, 0.25) is 0 Å². The van der Waals surface area contributed by atoms with E-state index in [9.17, 15) is 18.5 Å². The van der Waals surface area contributed by atoms with Gasteiger partial charge in [-0.05, 0) is 18.9 Å². The molecule has 1 aromatic carbocycles. The minimum Gasteiger partial charge on any atom is -0.492 e. The van der Waals surface area contributed by atoms with Crippen molar-refractivity contribution in [3.63, 3.8) is 0 Å². The number of hydrogen-bond acceptors (Lipinski definition) is 5. The van der Waals surface area contributed by atoms with Gasteiger partial charge in [0.05, 0.1) is 11.5 Å². The van der Waals surface area contributed by atoms with E-state index < -0.39 is 14.0 Å². The van der Waals surface area contributed by atoms with Gasteiger partial charge in [0.15, 0.2) is 0 Å². The number of non-ortho nitro benzene ring substituents is 1. The SMILES string of the molecule is CCCOc1c(C)cc([N+](=O)[O-])cc1S(=O)(=O)Cl. The van der Waals surface area contributed by atoms with Crippen molar-refractivity contribution in [3.8, 4) is 5.75 Å². The second kappa shape index (κ2) is 5.53. The van der Waals surface area contributed by atoms with Gasteiger partial charge in [-0.15, -0.1) is 0 Å². The van der Waals surface area contributed by atoms with E-state index in [0.717, 1.165) is 6.07 Å². The summed E-state index contributed by atoms with van der Waals surface area (Å²) in [6.45, 7) is 3.69. The number of nitrogens with zero attached hydrogens (tertiary/aromatic N) is 1. The molecule has 0 saturated carbocycles. The quantitative estimate of drug-likeness (QED) is 0.473. The molecule has 8 heteroatoms. The lowest BCUT2D eigenvalue weighted by Crippen LogP contribution is -2.04. The Hall–Kier alpha value is -1.34. The Morgan fingerprint density at radius 2 is 2.06 bits per heavy atom. The molecule has 0 amide bonds. The smallest absolute Gasteiger partial charge is 0.271 e. The molecule has 1 rings (SSSR count). The van der Waals surface area contributed by atoms with Crippen LogP contribution < -0.4 is 4.74 Å². The zero-order valence-electron chi connectivity index (χ0n) is 9.84. The molecule has 0 heterocycles. The van der Waals surface area contributed by atoms with Crippen molar-refractivity contribution >= 4 is 25.4 Å². The topological polar surface area (TPSA) is 86.5 Å². The van der Waals surface area contributed by atoms with E-state index in [-0.39, 0.29) is 16.3 Å². The summed E-state index contributed by atoms with van der Waals surface area (Å²) >= 11 is 0. The number of benzene rings is 1. The second-order valence-electron chi connectivity index (χ2n) is 3.63. The van der Waals surface area contributed by atoms with Gasteiger partial charge >= 0.3 is 0 Å². The van der Waals surface area contributed by atoms with Crippen molar-refractivity contribution in [2.24, 2.45) is 0 Å². The molecular formula is C10H12ClNO5S. The molecular weight excluding hydrogens is 282 g/mol. The Labute approximate surface area is 109 Å². The normalized spacial score (nSPS) is 11.3. The van der Waals surface area contributed by atoms with Gasteiger partial charge in [0, 0.05) is 22.8 Å². The molecule has 0 spiro atoms. The van der Waals surface area contributed by atoms with Crippen LogP contribution in [0.3, 0.4) is 0 Å². The maximum atomic E-state index is 11.4. The maximum absolute atomic E-state index is 11.4. The molecule has 0 saturated heterocycles. The molecule has 0 radical (unpaired) electrons. The summed E-state index contributed by atoms with van der Waals surface area (Å²) in [5.74, 6) is 0.0671. The van der Waals surface area contributed by atoms with Gasteiger partial charge in [-0.3, -0.25) is 10.1 Å². The van der Waals surface area contributed by atoms with E-state index in [4.69, 9.17) is 15.4 Å². The van der Waals surface area contributed by atoms with Crippen molar-refractivity contribution in [2.75, 3.05) is 6.61 Å². The number of hydrogen-bond donors (Lipinski definition) is 0. The van der Waals surface area contributed by atoms with Crippen LogP contribution in [0.4, 0.5) is 5.69 Å². The molecule has 0 aliphatic carbocycles. The molecule has 1 aromatic rings. The second-order valence-corrected chi connectivity index (χ2v) is 6.17. The third kappa shape index (κ3) is 3.33. The zero-order valence-corrected chi connectivity index (χ0v) is 11.4. The van der Waals surface area contributed by atoms with Crippen molar-refractivity contribution < 1.29 is 18.1 Å². The van der Waals surface area contributed by atoms with Gasteiger partial charge in [-0.1, -0.05) is 6.92 Å². The van der Waals surface area contributed by atoms with Gasteiger partial charge in [-0.2, -0.15) is 0 Å². The molecule has 0 N–H and O–H groups in total. The number of aryl methyl sites for hydroxylation is 1. The monoisotopic (exact) mass is 293 g/mol. The fraction of sp³-hybridized carbons (Fsp3) is 0.400. The minimum absolute atomic E-state index is 0.0671. The van der Waals surface area contributed by atoms with Crippen LogP contribution in [0, 0.1) is 17.0 Å². The van der Waals surface area contributed by atoms with Crippen LogP contribution in [0.15, 0.2) is 17.0 Å². The fourth-order valence-corrected chi connectivity index (χ4v) is 2.45. The first kappa shape index (κ1) is 14.7. The summed E-state index contributed by atoms with van der Waals surface area (Å²) in [4.78, 5) is 9.64. The first-order chi connectivity index (χ1) is 8.27. The molecule has 100 valence electrons. The highest BCUT2D eigenvalue weighted by molar-refractivity contribution is 8.13. The Balaban J connectivity index is 3.45. The van der Waals surface area contributed by atoms with E-state index in [1.54, 1.807) is 0 Å². The third-order valence-electron chi connectivity index (χ3n) is 2.15. The fourth-order valence-electron chi connectivity index (χ4n) is 1.40. The van der Waals surface area contributed by atoms with Crippen molar-refractivity contribution in [2.45, 2.75) is 25.2 Å². The molecule has 0 atom stereocenters. The predicted octanol–water partition coefficient (Wildman–Crippen LogP) is 2.62. The summed E-state index contributed by atoms with van der Waals surface area (Å²) in [5.41, 5.74) is 0.0208. The van der Waals surface area contributed by atoms with Gasteiger partial charge in [-0.25, -0.2) is 8.42 Å². The van der Waals surface area contributed by atoms with Crippen molar-refractivity contribution in [1.82, 2.24) is 0 Å². The summed E-state index contributed by atoms with van der Waals surface area (Å²) in [6.07, 6.45) is 0.679. The third-order valence-corrected chi connectivity index (χ3v) is 3.48. The lowest BCUT2D eigenvalue weighted by molar-refractivity contribution is -0.385. The Morgan fingerprint density at radius 3 is 2.50 bits per heavy atom. The van der Waals surface area contributed by atoms with Crippen LogP contribution in [0.1, 0.15) is 18.9 Å². The number of halogens is 1. The number of nitro groups is 1. The van der Waals surface area contributed by atoms with Gasteiger partial charge in [0.1, 0.15) is 10.6 Å². The van der Waals surface area contributed by atoms with Crippen LogP contribution >= 0.6 is 10.7 Å². The Morgan fingerprint density at radius 1 is 1.44 bits per heavy atom. The Bertz CT molecular complexity index is 570. The van der Waals surface area contributed by atoms with Crippen LogP contribution in [0.5, 0.6) is 5.75 Å². The molecule has 0 fully saturated rings. The van der Waals surface area contributed by atoms with Crippen LogP contribution in [0.25, 0.3) is 0 Å². The van der Waals surface area contributed by atoms with E-state index in [1.165, 1.54) is 13.0 Å². The standard InChI is InChI=1S/C10H12ClNO5S/c1-3-4-17-10-7(2)5-8(12(13)14)6-9(10)18(11,15)16/h5-6H,3-4H2,1-2H3. The molecule has 0 unspecified atom stereocenters. The highest BCUT2D eigenvalue weighted by atomic mass is 35.7.